The van der Waals surface area contributed by atoms with Crippen LogP contribution < -0.4 is 5.32 Å². The molecule has 2 aliphatic carbocycles. The van der Waals surface area contributed by atoms with Crippen molar-refractivity contribution in [2.24, 2.45) is 5.92 Å². The van der Waals surface area contributed by atoms with Gasteiger partial charge < -0.3 is 5.32 Å². The van der Waals surface area contributed by atoms with Gasteiger partial charge in [-0.25, -0.2) is 0 Å². The van der Waals surface area contributed by atoms with Crippen LogP contribution in [0.25, 0.3) is 0 Å². The first-order valence-corrected chi connectivity index (χ1v) is 7.24. The molecule has 3 fully saturated rings. The van der Waals surface area contributed by atoms with Crippen LogP contribution in [0.4, 0.5) is 0 Å². The van der Waals surface area contributed by atoms with Crippen LogP contribution in [0.2, 0.25) is 0 Å². The summed E-state index contributed by atoms with van der Waals surface area (Å²) in [5.74, 6) is 1.06. The first-order valence-electron chi connectivity index (χ1n) is 7.24. The number of hydrogen-bond donors (Lipinski definition) is 1. The van der Waals surface area contributed by atoms with E-state index in [0.29, 0.717) is 0 Å². The van der Waals surface area contributed by atoms with Gasteiger partial charge in [-0.15, -0.1) is 0 Å². The number of nitrogens with one attached hydrogen (secondary N) is 1. The van der Waals surface area contributed by atoms with Crippen LogP contribution >= 0.6 is 0 Å². The molecule has 0 aromatic heterocycles. The topological polar surface area (TPSA) is 15.3 Å². The Kier molecular flexibility index (Phi) is 2.97. The fourth-order valence-corrected chi connectivity index (χ4v) is 3.42. The Bertz CT molecular complexity index is 245. The van der Waals surface area contributed by atoms with Crippen LogP contribution in [0.15, 0.2) is 0 Å². The highest BCUT2D eigenvalue weighted by Gasteiger charge is 2.39. The van der Waals surface area contributed by atoms with Gasteiger partial charge in [-0.3, -0.25) is 4.90 Å². The molecule has 3 rings (SSSR count). The molecule has 3 atom stereocenters. The van der Waals surface area contributed by atoms with Crippen molar-refractivity contribution in [3.63, 3.8) is 0 Å². The first-order chi connectivity index (χ1) is 7.72. The summed E-state index contributed by atoms with van der Waals surface area (Å²) in [7, 11) is 0. The number of likely N-dealkylation sites (tertiary alicyclic amines) is 1. The van der Waals surface area contributed by atoms with Crippen LogP contribution in [-0.4, -0.2) is 35.6 Å². The Morgan fingerprint density at radius 2 is 2.00 bits per heavy atom. The quantitative estimate of drug-likeness (QED) is 0.768. The summed E-state index contributed by atoms with van der Waals surface area (Å²) in [5, 5.41) is 3.85. The van der Waals surface area contributed by atoms with Gasteiger partial charge in [0.2, 0.25) is 0 Å². The monoisotopic (exact) mass is 222 g/mol. The molecular formula is C14H26N2. The van der Waals surface area contributed by atoms with Crippen LogP contribution in [0.3, 0.4) is 0 Å². The molecule has 1 aliphatic heterocycles. The highest BCUT2D eigenvalue weighted by Crippen LogP contribution is 2.35. The van der Waals surface area contributed by atoms with E-state index in [0.717, 1.165) is 30.1 Å². The molecule has 92 valence electrons. The fraction of sp³-hybridized carbons (Fsp3) is 1.00. The van der Waals surface area contributed by atoms with E-state index in [2.05, 4.69) is 24.1 Å². The Balaban J connectivity index is 1.44. The smallest absolute Gasteiger partial charge is 0.0212 e. The van der Waals surface area contributed by atoms with E-state index in [1.54, 1.807) is 0 Å². The van der Waals surface area contributed by atoms with Crippen LogP contribution in [0, 0.1) is 5.92 Å². The number of nitrogens with zero attached hydrogens (tertiary/aromatic N) is 1. The molecule has 0 aromatic rings. The highest BCUT2D eigenvalue weighted by atomic mass is 15.3. The standard InChI is InChI=1S/C14H26N2/c1-10(7-12-3-4-12)15-13-8-11(2)16(9-13)14-5-6-14/h10-15H,3-9H2,1-2H3. The SMILES string of the molecule is CC(CC1CC1)NC1CC(C)N(C2CC2)C1. The van der Waals surface area contributed by atoms with Crippen molar-refractivity contribution < 1.29 is 0 Å². The van der Waals surface area contributed by atoms with Crippen LogP contribution in [0.5, 0.6) is 0 Å². The van der Waals surface area contributed by atoms with E-state index in [4.69, 9.17) is 0 Å². The maximum Gasteiger partial charge on any atom is 0.0212 e. The molecule has 3 aliphatic rings. The van der Waals surface area contributed by atoms with Crippen molar-refractivity contribution >= 4 is 0 Å². The Hall–Kier alpha value is -0.0800. The number of rotatable bonds is 5. The molecule has 0 aromatic carbocycles. The third-order valence-electron chi connectivity index (χ3n) is 4.54. The lowest BCUT2D eigenvalue weighted by Gasteiger charge is -2.21. The van der Waals surface area contributed by atoms with E-state index in [-0.39, 0.29) is 0 Å². The minimum atomic E-state index is 0.740. The maximum atomic E-state index is 3.85. The lowest BCUT2D eigenvalue weighted by molar-refractivity contribution is 0.253. The van der Waals surface area contributed by atoms with Crippen LogP contribution in [-0.2, 0) is 0 Å². The summed E-state index contributed by atoms with van der Waals surface area (Å²) in [6.45, 7) is 6.09. The second-order valence-electron chi connectivity index (χ2n) is 6.46. The molecular weight excluding hydrogens is 196 g/mol. The van der Waals surface area contributed by atoms with Crippen molar-refractivity contribution in [2.45, 2.75) is 76.5 Å². The van der Waals surface area contributed by atoms with E-state index < -0.39 is 0 Å². The summed E-state index contributed by atoms with van der Waals surface area (Å²) in [5.41, 5.74) is 0. The molecule has 2 nitrogen and oxygen atoms in total. The van der Waals surface area contributed by atoms with Crippen molar-refractivity contribution in [3.05, 3.63) is 0 Å². The average molecular weight is 222 g/mol. The lowest BCUT2D eigenvalue weighted by atomic mass is 10.1. The maximum absolute atomic E-state index is 3.85. The van der Waals surface area contributed by atoms with Crippen molar-refractivity contribution in [1.29, 1.82) is 0 Å². The molecule has 0 radical (unpaired) electrons. The summed E-state index contributed by atoms with van der Waals surface area (Å²) < 4.78 is 0. The highest BCUT2D eigenvalue weighted by molar-refractivity contribution is 4.96. The van der Waals surface area contributed by atoms with E-state index in [9.17, 15) is 0 Å². The van der Waals surface area contributed by atoms with Crippen LogP contribution in [0.1, 0.15) is 52.4 Å². The lowest BCUT2D eigenvalue weighted by Crippen LogP contribution is -2.39. The second kappa shape index (κ2) is 4.30. The molecule has 1 saturated heterocycles. The normalized spacial score (nSPS) is 37.9. The summed E-state index contributed by atoms with van der Waals surface area (Å²) in [4.78, 5) is 2.74. The zero-order chi connectivity index (χ0) is 11.1. The molecule has 16 heavy (non-hydrogen) atoms. The molecule has 3 unspecified atom stereocenters. The fourth-order valence-electron chi connectivity index (χ4n) is 3.42. The molecule has 1 N–H and O–H groups in total. The Morgan fingerprint density at radius 1 is 1.25 bits per heavy atom. The Morgan fingerprint density at radius 3 is 2.62 bits per heavy atom. The zero-order valence-electron chi connectivity index (χ0n) is 10.8. The second-order valence-corrected chi connectivity index (χ2v) is 6.46. The van der Waals surface area contributed by atoms with Gasteiger partial charge >= 0.3 is 0 Å². The van der Waals surface area contributed by atoms with Gasteiger partial charge in [0.25, 0.3) is 0 Å². The summed E-state index contributed by atoms with van der Waals surface area (Å²) in [6.07, 6.45) is 8.66. The van der Waals surface area contributed by atoms with Crippen molar-refractivity contribution in [1.82, 2.24) is 10.2 Å². The third kappa shape index (κ3) is 2.60. The molecule has 0 bridgehead atoms. The number of hydrogen-bond acceptors (Lipinski definition) is 2. The zero-order valence-corrected chi connectivity index (χ0v) is 10.8. The van der Waals surface area contributed by atoms with E-state index >= 15 is 0 Å². The van der Waals surface area contributed by atoms with Gasteiger partial charge in [0.1, 0.15) is 0 Å². The van der Waals surface area contributed by atoms with Gasteiger partial charge in [-0.1, -0.05) is 12.8 Å². The molecule has 2 heteroatoms. The van der Waals surface area contributed by atoms with E-state index in [1.807, 2.05) is 0 Å². The molecule has 2 saturated carbocycles. The predicted octanol–water partition coefficient (Wildman–Crippen LogP) is 2.39. The Labute approximate surface area is 99.8 Å². The molecule has 0 amide bonds. The minimum absolute atomic E-state index is 0.740. The minimum Gasteiger partial charge on any atom is -0.310 e. The van der Waals surface area contributed by atoms with Gasteiger partial charge in [-0.05, 0) is 45.4 Å². The summed E-state index contributed by atoms with van der Waals surface area (Å²) in [6, 6.07) is 3.27. The molecule has 1 heterocycles. The van der Waals surface area contributed by atoms with Gasteiger partial charge in [0.15, 0.2) is 0 Å². The van der Waals surface area contributed by atoms with Crippen molar-refractivity contribution in [2.75, 3.05) is 6.54 Å². The van der Waals surface area contributed by atoms with E-state index in [1.165, 1.54) is 45.1 Å². The summed E-state index contributed by atoms with van der Waals surface area (Å²) >= 11 is 0. The molecule has 0 spiro atoms. The van der Waals surface area contributed by atoms with Crippen molar-refractivity contribution in [3.8, 4) is 0 Å². The first kappa shape index (κ1) is 11.0. The largest absolute Gasteiger partial charge is 0.310 e. The van der Waals surface area contributed by atoms with Gasteiger partial charge in [-0.2, -0.15) is 0 Å². The predicted molar refractivity (Wildman–Crippen MR) is 67.5 cm³/mol. The van der Waals surface area contributed by atoms with Gasteiger partial charge in [0, 0.05) is 30.7 Å². The average Bonchev–Trinajstić information content (AvgIpc) is 3.07. The van der Waals surface area contributed by atoms with Gasteiger partial charge in [0.05, 0.1) is 0 Å². The third-order valence-corrected chi connectivity index (χ3v) is 4.54.